The first-order valence-electron chi connectivity index (χ1n) is 84.9. The summed E-state index contributed by atoms with van der Waals surface area (Å²) in [5.41, 5.74) is -11.9. The van der Waals surface area contributed by atoms with Crippen LogP contribution in [0.3, 0.4) is 0 Å². The molecule has 12 aliphatic heterocycles. The maximum Gasteiger partial charge on any atom is 0.161 e. The topological polar surface area (TPSA) is 252 Å². The lowest BCUT2D eigenvalue weighted by molar-refractivity contribution is -0.0259. The fraction of sp³-hybridized carbons (Fsp3) is 0.695. The zero-order valence-electron chi connectivity index (χ0n) is 158. The lowest BCUT2D eigenvalue weighted by Crippen LogP contribution is -2.48. The number of fused-ring (bicyclic) bond motifs is 18. The highest BCUT2D eigenvalue weighted by Gasteiger charge is 2.48. The minimum absolute atomic E-state index is 0.0170. The molecule has 0 spiro atoms. The predicted octanol–water partition coefficient (Wildman–Crippen LogP) is 19.7. The van der Waals surface area contributed by atoms with E-state index >= 15 is 0 Å². The van der Waals surface area contributed by atoms with Crippen molar-refractivity contribution in [3.8, 4) is 69.0 Å². The van der Waals surface area contributed by atoms with E-state index in [0.717, 1.165) is 70.7 Å². The van der Waals surface area contributed by atoms with Crippen molar-refractivity contribution in [1.82, 2.24) is 29.4 Å². The number of rotatable bonds is 20. The molecule has 18 rings (SSSR count). The van der Waals surface area contributed by atoms with Crippen molar-refractivity contribution < 1.29 is 193 Å². The first-order valence-corrected chi connectivity index (χ1v) is 46.4. The van der Waals surface area contributed by atoms with Gasteiger partial charge < -0.3 is 87.5 Å². The molecule has 6 aromatic carbocycles. The van der Waals surface area contributed by atoms with Crippen LogP contribution in [-0.2, 0) is 38.2 Å². The summed E-state index contributed by atoms with van der Waals surface area (Å²) in [5.74, 6) is -9.64. The highest BCUT2D eigenvalue weighted by molar-refractivity contribution is 5.55. The van der Waals surface area contributed by atoms with E-state index in [1.165, 1.54) is 87.8 Å². The highest BCUT2D eigenvalue weighted by atomic mass is 16.5. The largest absolute Gasteiger partial charge is 0.493 e. The predicted molar refractivity (Wildman–Crippen MR) is 565 cm³/mol. The molecule has 0 amide bonds. The van der Waals surface area contributed by atoms with Gasteiger partial charge in [0.15, 0.2) is 69.0 Å². The summed E-state index contributed by atoms with van der Waals surface area (Å²) in [4.78, 5) is 6.63. The van der Waals surface area contributed by atoms with Crippen LogP contribution in [0.2, 0.25) is 0 Å². The number of nitrogens with zero attached hydrogens (tertiary/aromatic N) is 6. The van der Waals surface area contributed by atoms with Crippen LogP contribution >= 0.6 is 0 Å². The van der Waals surface area contributed by atoms with Gasteiger partial charge in [-0.2, -0.15) is 0 Å². The van der Waals surface area contributed by atoms with Gasteiger partial charge in [-0.05, 0) is 324 Å². The molecule has 6 saturated heterocycles. The molecule has 6 N–H and O–H groups in total. The van der Waals surface area contributed by atoms with Gasteiger partial charge in [0.25, 0.3) is 0 Å². The summed E-state index contributed by atoms with van der Waals surface area (Å²) < 4.78 is 683. The summed E-state index contributed by atoms with van der Waals surface area (Å²) in [6.45, 7) is -34.6. The number of aryl methyl sites for hydroxylation is 6. The monoisotopic (exact) mass is 2050 g/mol. The number of aliphatic hydroxyl groups is 6. The standard InChI is InChI=1S/4C20H31NO3.2C19H29NO3/c4*1-20(2,3)11-14-12-21-7-6-13-8-18(23-4)19(24-5)9-15(13)16(21)10-17(14)22;2*1-12(2)7-14-11-20-6-5-13-8-18(22-3)19(23-4)9-15(13)16(20)10-17(14)21/h4*8-9,14,16-17,22H,6-7,10-12H2,1-5H3;2*8-9,12,14,16-17,21H,5-7,10-11H2,1-4H3/i1D3,2D3,4D3,5D3,6D2,7D2,11D2;1D3,2D3,5D3,6D2,7D2,11D2;1D3,2D3,4D3,6D2,7D2,11D2;1D3,2D3,6D2,7D2,11D2;3D3,4D3,5D2,6D2;3D3,5D2,6D2. The Labute approximate surface area is 960 Å². The molecule has 6 aromatic rings. The van der Waals surface area contributed by atoms with Crippen molar-refractivity contribution in [2.45, 2.75) is 298 Å². The molecule has 6 fully saturated rings. The van der Waals surface area contributed by atoms with E-state index in [4.69, 9.17) is 162 Å². The van der Waals surface area contributed by atoms with E-state index in [1.54, 1.807) is 0 Å². The molecule has 24 heteroatoms. The van der Waals surface area contributed by atoms with Crippen LogP contribution in [0.4, 0.5) is 0 Å². The number of hydrogen-bond acceptors (Lipinski definition) is 24. The van der Waals surface area contributed by atoms with Crippen molar-refractivity contribution in [1.29, 1.82) is 0 Å². The molecule has 12 heterocycles. The van der Waals surface area contributed by atoms with Gasteiger partial charge in [0.2, 0.25) is 0 Å². The number of benzene rings is 6. The van der Waals surface area contributed by atoms with Crippen LogP contribution in [0, 0.1) is 69.0 Å². The number of ether oxygens (including phenoxy) is 12. The van der Waals surface area contributed by atoms with Crippen molar-refractivity contribution >= 4 is 0 Å². The summed E-state index contributed by atoms with van der Waals surface area (Å²) in [7, 11) is -14.3. The Balaban J connectivity index is 0.000000209. The molecule has 18 atom stereocenters. The van der Waals surface area contributed by atoms with Gasteiger partial charge in [-0.1, -0.05) is 110 Å². The number of hydrogen-bond donors (Lipinski definition) is 6. The third-order valence-corrected chi connectivity index (χ3v) is 26.6. The van der Waals surface area contributed by atoms with E-state index in [2.05, 4.69) is 0 Å². The average molecular weight is 2050 g/mol. The molecule has 0 bridgehead atoms. The second-order valence-corrected chi connectivity index (χ2v) is 38.6. The third kappa shape index (κ3) is 27.1. The fourth-order valence-corrected chi connectivity index (χ4v) is 20.2. The minimum Gasteiger partial charge on any atom is -0.493 e. The zero-order chi connectivity index (χ0) is 169. The summed E-state index contributed by atoms with van der Waals surface area (Å²) in [6, 6.07) is 8.33. The molecule has 0 aliphatic carbocycles. The van der Waals surface area contributed by atoms with Crippen molar-refractivity contribution in [2.75, 3.05) is 163 Å². The Kier molecular flexibility index (Phi) is 16.3. The first-order chi connectivity index (χ1) is 97.5. The molecule has 0 saturated carbocycles. The number of piperidine rings is 6. The number of methoxy groups -OCH3 is 12. The van der Waals surface area contributed by atoms with Crippen LogP contribution in [-0.4, -0.2) is 260 Å². The Morgan fingerprint density at radius 1 is 0.268 bits per heavy atom. The summed E-state index contributed by atoms with van der Waals surface area (Å²) >= 11 is 0. The van der Waals surface area contributed by atoms with E-state index in [1.807, 2.05) is 27.7 Å². The van der Waals surface area contributed by atoms with E-state index in [-0.39, 0.29) is 146 Å². The molecule has 24 nitrogen and oxygen atoms in total. The maximum atomic E-state index is 11.2. The highest BCUT2D eigenvalue weighted by Crippen LogP contribution is 2.53. The van der Waals surface area contributed by atoms with Gasteiger partial charge in [-0.15, -0.1) is 0 Å². The average Bonchev–Trinajstić information content (AvgIpc) is 0.687. The van der Waals surface area contributed by atoms with Crippen LogP contribution < -0.4 is 56.8 Å². The smallest absolute Gasteiger partial charge is 0.161 e. The van der Waals surface area contributed by atoms with E-state index in [9.17, 15) is 30.6 Å². The number of aliphatic hydroxyl groups excluding tert-OH is 6. The second kappa shape index (κ2) is 48.2. The molecule has 792 valence electrons. The fourth-order valence-electron chi connectivity index (χ4n) is 20.2. The van der Waals surface area contributed by atoms with Gasteiger partial charge in [-0.3, -0.25) is 29.4 Å². The lowest BCUT2D eigenvalue weighted by atomic mass is 9.75. The normalized spacial score (nSPS) is 41.4. The third-order valence-electron chi connectivity index (χ3n) is 26.6. The van der Waals surface area contributed by atoms with Gasteiger partial charge in [-0.25, -0.2) is 0 Å². The summed E-state index contributed by atoms with van der Waals surface area (Å²) in [5, 5.41) is 66.0. The molecule has 18 unspecified atom stereocenters. The van der Waals surface area contributed by atoms with Gasteiger partial charge in [0, 0.05) is 191 Å². The van der Waals surface area contributed by atoms with Crippen LogP contribution in [0.1, 0.15) is 396 Å². The quantitative estimate of drug-likeness (QED) is 0.0415. The molecule has 0 radical (unpaired) electrons. The van der Waals surface area contributed by atoms with Crippen LogP contribution in [0.15, 0.2) is 72.8 Å². The van der Waals surface area contributed by atoms with Crippen LogP contribution in [0.25, 0.3) is 0 Å². The Hall–Kier alpha value is -7.56. The minimum atomic E-state index is -3.40. The van der Waals surface area contributed by atoms with E-state index in [0.29, 0.717) is 36.8 Å². The van der Waals surface area contributed by atoms with Crippen molar-refractivity contribution in [3.63, 3.8) is 0 Å². The summed E-state index contributed by atoms with van der Waals surface area (Å²) in [6.07, 6.45) is -36.7. The molecule has 142 heavy (non-hydrogen) atoms. The lowest BCUT2D eigenvalue weighted by Gasteiger charge is -2.47. The van der Waals surface area contributed by atoms with E-state index < -0.39 is 399 Å². The van der Waals surface area contributed by atoms with Gasteiger partial charge >= 0.3 is 0 Å². The zero-order valence-corrected chi connectivity index (χ0v) is 81.1. The molecular weight excluding hydrogens is 1790 g/mol. The first kappa shape index (κ1) is 47.9. The SMILES string of the molecule is [2H]C([2H])([2H])C(C)(C([2H])([2H])[2H])C([2H])([2H])C1CN2C(CC1O)c1cc(OC)c(OC)cc1C([2H])([2H])C2([2H])[2H].[2H]C([2H])([2H])Oc1cc2c(cc1OC([2H])([2H])[2H])C([2H])([2H])C([2H])([2H])N1CC(C([2H])([2H])C(C)(C([2H])([2H])[2H])C([2H])([2H])[2H])C(O)CC21.[2H]C([2H])([2H])Oc1cc2c(cc1OC([2H])([2H])[2H])C([2H])([2H])C([2H])([2H])N1CC(CC(C)C)C(O)CC21.[2H]C([2H])([2H])Oc1cc2c(cc1OC)C([2H])([2H])C([2H])([2H])N1CC(C([2H])([2H])C(C)(C([2H])([2H])[2H])C([2H])([2H])[2H])C(O)CC21.[2H]C([2H])([2H])Oc1cc2c(cc1OC)C1CC(O)C(C([2H])([2H])C(C)(C([2H])([2H])[2H])C([2H])([2H])[2H])CN1C([2H])([2H])C2([2H])[2H].[2H]C([2H])([2H])Oc1cc2c(cc1OC)C1CC(O)C(CC(C)C)CN1C([2H])([2H])C2([2H])[2H]. The van der Waals surface area contributed by atoms with Gasteiger partial charge in [0.05, 0.1) is 150 Å². The molecule has 0 aromatic heterocycles. The van der Waals surface area contributed by atoms with Crippen molar-refractivity contribution in [2.24, 2.45) is 69.0 Å². The molecular formula is C118H182N6O18. The Bertz CT molecular complexity index is 8490. The Morgan fingerprint density at radius 3 is 0.585 bits per heavy atom. The maximum absolute atomic E-state index is 11.2. The Morgan fingerprint density at radius 2 is 0.423 bits per heavy atom. The van der Waals surface area contributed by atoms with Crippen molar-refractivity contribution in [3.05, 3.63) is 140 Å². The molecule has 12 aliphatic rings. The second-order valence-electron chi connectivity index (χ2n) is 38.6. The van der Waals surface area contributed by atoms with Crippen LogP contribution in [0.5, 0.6) is 69.0 Å². The van der Waals surface area contributed by atoms with Gasteiger partial charge in [0.1, 0.15) is 0 Å².